The van der Waals surface area contributed by atoms with E-state index in [0.29, 0.717) is 31.5 Å². The Morgan fingerprint density at radius 2 is 1.71 bits per heavy atom. The Morgan fingerprint density at radius 1 is 1.04 bits per heavy atom. The lowest BCUT2D eigenvalue weighted by atomic mass is 10.2. The van der Waals surface area contributed by atoms with Crippen LogP contribution in [-0.4, -0.2) is 25.1 Å². The zero-order valence-corrected chi connectivity index (χ0v) is 16.2. The molecular formula is C21H26N4O3. The fourth-order valence-corrected chi connectivity index (χ4v) is 2.58. The smallest absolute Gasteiger partial charge is 0.226 e. The van der Waals surface area contributed by atoms with Crippen LogP contribution in [0.4, 0.5) is 11.4 Å². The zero-order valence-electron chi connectivity index (χ0n) is 16.2. The first kappa shape index (κ1) is 19.5. The highest BCUT2D eigenvalue weighted by Gasteiger charge is 2.11. The van der Waals surface area contributed by atoms with Crippen molar-refractivity contribution in [2.24, 2.45) is 16.6 Å². The van der Waals surface area contributed by atoms with Crippen LogP contribution < -0.4 is 25.8 Å². The fourth-order valence-electron chi connectivity index (χ4n) is 2.58. The second kappa shape index (κ2) is 9.12. The third kappa shape index (κ3) is 5.39. The van der Waals surface area contributed by atoms with E-state index < -0.39 is 0 Å². The van der Waals surface area contributed by atoms with Gasteiger partial charge in [-0.2, -0.15) is 0 Å². The Hall–Kier alpha value is -3.22. The van der Waals surface area contributed by atoms with E-state index in [9.17, 15) is 4.79 Å². The van der Waals surface area contributed by atoms with E-state index in [1.54, 1.807) is 0 Å². The molecule has 148 valence electrons. The number of ether oxygens (including phenoxy) is 2. The summed E-state index contributed by atoms with van der Waals surface area (Å²) in [5.41, 5.74) is 8.55. The van der Waals surface area contributed by atoms with Gasteiger partial charge in [-0.3, -0.25) is 4.79 Å². The third-order valence-electron chi connectivity index (χ3n) is 4.20. The summed E-state index contributed by atoms with van der Waals surface area (Å²) in [7, 11) is 0. The molecule has 0 aromatic heterocycles. The molecule has 7 nitrogen and oxygen atoms in total. The summed E-state index contributed by atoms with van der Waals surface area (Å²) in [6, 6.07) is 13.1. The lowest BCUT2D eigenvalue weighted by Crippen LogP contribution is -2.22. The fraction of sp³-hybridized carbons (Fsp3) is 0.333. The van der Waals surface area contributed by atoms with Crippen LogP contribution in [0.25, 0.3) is 0 Å². The van der Waals surface area contributed by atoms with Crippen molar-refractivity contribution < 1.29 is 14.3 Å². The molecule has 7 heteroatoms. The molecule has 0 bridgehead atoms. The Morgan fingerprint density at radius 3 is 2.43 bits per heavy atom. The van der Waals surface area contributed by atoms with Crippen molar-refractivity contribution in [3.8, 4) is 11.5 Å². The van der Waals surface area contributed by atoms with E-state index in [0.717, 1.165) is 29.1 Å². The highest BCUT2D eigenvalue weighted by molar-refractivity contribution is 5.93. The maximum atomic E-state index is 11.7. The Kier molecular flexibility index (Phi) is 6.37. The summed E-state index contributed by atoms with van der Waals surface area (Å²) in [4.78, 5) is 16.1. The highest BCUT2D eigenvalue weighted by Crippen LogP contribution is 2.32. The highest BCUT2D eigenvalue weighted by atomic mass is 16.5. The lowest BCUT2D eigenvalue weighted by Gasteiger charge is -2.11. The number of benzene rings is 2. The number of nitrogens with one attached hydrogen (secondary N) is 2. The van der Waals surface area contributed by atoms with Gasteiger partial charge in [-0.15, -0.1) is 0 Å². The van der Waals surface area contributed by atoms with Crippen molar-refractivity contribution in [1.82, 2.24) is 0 Å². The average Bonchev–Trinajstić information content (AvgIpc) is 2.92. The molecule has 0 spiro atoms. The number of nitrogens with two attached hydrogens (primary N) is 1. The average molecular weight is 382 g/mol. The van der Waals surface area contributed by atoms with Crippen LogP contribution in [0.1, 0.15) is 25.8 Å². The van der Waals surface area contributed by atoms with E-state index in [1.165, 1.54) is 0 Å². The monoisotopic (exact) mass is 382 g/mol. The van der Waals surface area contributed by atoms with Gasteiger partial charge in [-0.1, -0.05) is 26.0 Å². The van der Waals surface area contributed by atoms with E-state index in [4.69, 9.17) is 15.2 Å². The van der Waals surface area contributed by atoms with E-state index in [1.807, 2.05) is 56.3 Å². The third-order valence-corrected chi connectivity index (χ3v) is 4.20. The summed E-state index contributed by atoms with van der Waals surface area (Å²) >= 11 is 0. The first-order chi connectivity index (χ1) is 13.5. The molecule has 0 unspecified atom stereocenters. The predicted molar refractivity (Wildman–Crippen MR) is 111 cm³/mol. The molecule has 0 fully saturated rings. The minimum Gasteiger partial charge on any atom is -0.490 e. The number of carbonyl (C=O) groups excluding carboxylic acids is 1. The molecule has 2 aromatic rings. The van der Waals surface area contributed by atoms with Gasteiger partial charge in [0, 0.05) is 29.8 Å². The number of rotatable bonds is 5. The minimum atomic E-state index is -0.0555. The molecule has 2 aromatic carbocycles. The lowest BCUT2D eigenvalue weighted by molar-refractivity contribution is -0.118. The second-order valence-corrected chi connectivity index (χ2v) is 6.88. The topological polar surface area (TPSA) is 98.0 Å². The molecule has 0 aliphatic carbocycles. The summed E-state index contributed by atoms with van der Waals surface area (Å²) < 4.78 is 11.3. The molecular weight excluding hydrogens is 356 g/mol. The standard InChI is InChI=1S/C21H26N4O3/c1-14(2)20(26)24-16-6-4-15(5-7-16)13-23-21(22)25-17-8-9-18-19(12-17)28-11-3-10-27-18/h4-9,12,14H,3,10-11,13H2,1-2H3,(H,24,26)(H3,22,23,25). The van der Waals surface area contributed by atoms with Crippen LogP contribution in [0.5, 0.6) is 11.5 Å². The predicted octanol–water partition coefficient (Wildman–Crippen LogP) is 3.37. The van der Waals surface area contributed by atoms with Gasteiger partial charge in [0.2, 0.25) is 5.91 Å². The first-order valence-corrected chi connectivity index (χ1v) is 9.37. The van der Waals surface area contributed by atoms with Crippen molar-refractivity contribution in [2.45, 2.75) is 26.8 Å². The van der Waals surface area contributed by atoms with Crippen molar-refractivity contribution in [3.05, 3.63) is 48.0 Å². The van der Waals surface area contributed by atoms with E-state index >= 15 is 0 Å². The number of nitrogens with zero attached hydrogens (tertiary/aromatic N) is 1. The molecule has 28 heavy (non-hydrogen) atoms. The van der Waals surface area contributed by atoms with Crippen LogP contribution in [0.3, 0.4) is 0 Å². The molecule has 1 heterocycles. The van der Waals surface area contributed by atoms with E-state index in [2.05, 4.69) is 15.6 Å². The zero-order chi connectivity index (χ0) is 19.9. The molecule has 0 saturated heterocycles. The van der Waals surface area contributed by atoms with Gasteiger partial charge in [-0.05, 0) is 29.8 Å². The summed E-state index contributed by atoms with van der Waals surface area (Å²) in [5.74, 6) is 1.69. The summed E-state index contributed by atoms with van der Waals surface area (Å²) in [6.07, 6.45) is 0.862. The Balaban J connectivity index is 1.57. The first-order valence-electron chi connectivity index (χ1n) is 9.37. The minimum absolute atomic E-state index is 0.00523. The number of anilines is 2. The van der Waals surface area contributed by atoms with Crippen molar-refractivity contribution in [3.63, 3.8) is 0 Å². The van der Waals surface area contributed by atoms with Crippen LogP contribution in [0.2, 0.25) is 0 Å². The van der Waals surface area contributed by atoms with E-state index in [-0.39, 0.29) is 11.8 Å². The molecule has 3 rings (SSSR count). The van der Waals surface area contributed by atoms with Crippen LogP contribution in [-0.2, 0) is 11.3 Å². The van der Waals surface area contributed by atoms with Crippen molar-refractivity contribution in [1.29, 1.82) is 0 Å². The van der Waals surface area contributed by atoms with Crippen molar-refractivity contribution >= 4 is 23.2 Å². The maximum Gasteiger partial charge on any atom is 0.226 e. The Labute approximate surface area is 164 Å². The number of fused-ring (bicyclic) bond motifs is 1. The number of aliphatic imine (C=N–C) groups is 1. The quantitative estimate of drug-likeness (QED) is 0.544. The van der Waals surface area contributed by atoms with Crippen molar-refractivity contribution in [2.75, 3.05) is 23.8 Å². The van der Waals surface area contributed by atoms with Crippen LogP contribution in [0, 0.1) is 5.92 Å². The second-order valence-electron chi connectivity index (χ2n) is 6.88. The normalized spacial score (nSPS) is 13.8. The SMILES string of the molecule is CC(C)C(=O)Nc1ccc(CN=C(N)Nc2ccc3c(c2)OCCCO3)cc1. The van der Waals surface area contributed by atoms with Gasteiger partial charge in [-0.25, -0.2) is 4.99 Å². The van der Waals surface area contributed by atoms with Gasteiger partial charge in [0.15, 0.2) is 17.5 Å². The van der Waals surface area contributed by atoms with Gasteiger partial charge in [0.1, 0.15) is 0 Å². The molecule has 1 amide bonds. The molecule has 0 saturated carbocycles. The molecule has 4 N–H and O–H groups in total. The molecule has 0 atom stereocenters. The van der Waals surface area contributed by atoms with Gasteiger partial charge < -0.3 is 25.8 Å². The van der Waals surface area contributed by atoms with Crippen LogP contribution >= 0.6 is 0 Å². The number of amides is 1. The molecule has 1 aliphatic heterocycles. The number of carbonyl (C=O) groups is 1. The van der Waals surface area contributed by atoms with Gasteiger partial charge >= 0.3 is 0 Å². The van der Waals surface area contributed by atoms with Gasteiger partial charge in [0.05, 0.1) is 19.8 Å². The Bertz CT molecular complexity index is 847. The largest absolute Gasteiger partial charge is 0.490 e. The van der Waals surface area contributed by atoms with Gasteiger partial charge in [0.25, 0.3) is 0 Å². The molecule has 0 radical (unpaired) electrons. The molecule has 1 aliphatic rings. The number of hydrogen-bond donors (Lipinski definition) is 3. The number of hydrogen-bond acceptors (Lipinski definition) is 4. The summed E-state index contributed by atoms with van der Waals surface area (Å²) in [6.45, 7) is 5.44. The summed E-state index contributed by atoms with van der Waals surface area (Å²) in [5, 5.41) is 5.93. The number of guanidine groups is 1. The van der Waals surface area contributed by atoms with Crippen LogP contribution in [0.15, 0.2) is 47.5 Å². The maximum absolute atomic E-state index is 11.7.